The third kappa shape index (κ3) is 1.50. The average Bonchev–Trinajstić information content (AvgIpc) is 2.96. The number of nitrogens with two attached hydrogens (primary N) is 1. The first kappa shape index (κ1) is 11.7. The van der Waals surface area contributed by atoms with Crippen molar-refractivity contribution in [3.05, 3.63) is 21.9 Å². The molecule has 3 nitrogen and oxygen atoms in total. The molecule has 1 saturated carbocycles. The summed E-state index contributed by atoms with van der Waals surface area (Å²) in [5, 5.41) is 19.2. The van der Waals surface area contributed by atoms with Gasteiger partial charge in [0.05, 0.1) is 0 Å². The maximum Gasteiger partial charge on any atom is 0.194 e. The van der Waals surface area contributed by atoms with E-state index in [1.165, 1.54) is 0 Å². The van der Waals surface area contributed by atoms with E-state index in [1.807, 2.05) is 6.92 Å². The second-order valence-electron chi connectivity index (χ2n) is 4.36. The minimum absolute atomic E-state index is 0.153. The molecular formula is C11H13BrFNO2. The van der Waals surface area contributed by atoms with Crippen molar-refractivity contribution in [2.24, 2.45) is 5.73 Å². The van der Waals surface area contributed by atoms with Crippen LogP contribution in [0.25, 0.3) is 0 Å². The molecule has 0 aromatic heterocycles. The van der Waals surface area contributed by atoms with Gasteiger partial charge < -0.3 is 15.9 Å². The van der Waals surface area contributed by atoms with Crippen molar-refractivity contribution in [1.82, 2.24) is 0 Å². The minimum atomic E-state index is -0.839. The van der Waals surface area contributed by atoms with Crippen LogP contribution in [-0.4, -0.2) is 16.3 Å². The van der Waals surface area contributed by atoms with E-state index in [0.29, 0.717) is 10.0 Å². The fraction of sp³-hybridized carbons (Fsp3) is 0.455. The summed E-state index contributed by atoms with van der Waals surface area (Å²) in [5.41, 5.74) is 6.06. The second-order valence-corrected chi connectivity index (χ2v) is 5.21. The number of hydrogen-bond donors (Lipinski definition) is 3. The molecule has 1 aliphatic rings. The highest BCUT2D eigenvalue weighted by Gasteiger charge is 2.50. The van der Waals surface area contributed by atoms with Gasteiger partial charge in [0.15, 0.2) is 17.3 Å². The first-order valence-corrected chi connectivity index (χ1v) is 5.85. The van der Waals surface area contributed by atoms with Crippen LogP contribution in [0.2, 0.25) is 0 Å². The maximum absolute atomic E-state index is 13.2. The molecule has 0 bridgehead atoms. The topological polar surface area (TPSA) is 66.5 Å². The molecule has 88 valence electrons. The summed E-state index contributed by atoms with van der Waals surface area (Å²) < 4.78 is 13.6. The lowest BCUT2D eigenvalue weighted by Crippen LogP contribution is -2.32. The number of phenolic OH excluding ortho intramolecular Hbond substituents is 2. The molecule has 5 heteroatoms. The van der Waals surface area contributed by atoms with Crippen LogP contribution >= 0.6 is 15.9 Å². The Morgan fingerprint density at radius 2 is 2.00 bits per heavy atom. The van der Waals surface area contributed by atoms with Crippen molar-refractivity contribution in [2.45, 2.75) is 31.2 Å². The van der Waals surface area contributed by atoms with Gasteiger partial charge in [-0.3, -0.25) is 0 Å². The average molecular weight is 290 g/mol. The van der Waals surface area contributed by atoms with Gasteiger partial charge in [0, 0.05) is 21.5 Å². The number of benzene rings is 1. The van der Waals surface area contributed by atoms with Crippen molar-refractivity contribution in [3.63, 3.8) is 0 Å². The van der Waals surface area contributed by atoms with Crippen molar-refractivity contribution in [3.8, 4) is 11.5 Å². The molecule has 0 heterocycles. The van der Waals surface area contributed by atoms with Crippen LogP contribution in [0.1, 0.15) is 25.3 Å². The molecule has 1 fully saturated rings. The van der Waals surface area contributed by atoms with Crippen LogP contribution in [-0.2, 0) is 5.41 Å². The van der Waals surface area contributed by atoms with Crippen molar-refractivity contribution >= 4 is 15.9 Å². The Morgan fingerprint density at radius 3 is 2.44 bits per heavy atom. The predicted molar refractivity (Wildman–Crippen MR) is 62.0 cm³/mol. The Bertz CT molecular complexity index is 444. The molecule has 1 aliphatic carbocycles. The molecule has 0 saturated heterocycles. The molecular weight excluding hydrogens is 277 g/mol. The van der Waals surface area contributed by atoms with Crippen molar-refractivity contribution < 1.29 is 14.6 Å². The van der Waals surface area contributed by atoms with Crippen molar-refractivity contribution in [2.75, 3.05) is 0 Å². The zero-order valence-electron chi connectivity index (χ0n) is 8.80. The van der Waals surface area contributed by atoms with Crippen LogP contribution in [0.4, 0.5) is 4.39 Å². The summed E-state index contributed by atoms with van der Waals surface area (Å²) in [6.07, 6.45) is 1.67. The Morgan fingerprint density at radius 1 is 1.44 bits per heavy atom. The van der Waals surface area contributed by atoms with Gasteiger partial charge in [-0.05, 0) is 25.8 Å². The number of aromatic hydroxyl groups is 2. The summed E-state index contributed by atoms with van der Waals surface area (Å²) >= 11 is 3.21. The minimum Gasteiger partial charge on any atom is -0.504 e. The molecule has 1 unspecified atom stereocenters. The van der Waals surface area contributed by atoms with Crippen LogP contribution in [0.15, 0.2) is 10.5 Å². The van der Waals surface area contributed by atoms with Crippen molar-refractivity contribution in [1.29, 1.82) is 0 Å². The highest BCUT2D eigenvalue weighted by atomic mass is 79.9. The van der Waals surface area contributed by atoms with Crippen LogP contribution < -0.4 is 5.73 Å². The fourth-order valence-corrected chi connectivity index (χ4v) is 2.92. The lowest BCUT2D eigenvalue weighted by Gasteiger charge is -2.23. The molecule has 0 radical (unpaired) electrons. The third-order valence-corrected chi connectivity index (χ3v) is 3.96. The quantitative estimate of drug-likeness (QED) is 0.733. The molecule has 4 N–H and O–H groups in total. The van der Waals surface area contributed by atoms with E-state index in [2.05, 4.69) is 15.9 Å². The van der Waals surface area contributed by atoms with Gasteiger partial charge in [0.1, 0.15) is 0 Å². The lowest BCUT2D eigenvalue weighted by atomic mass is 9.88. The summed E-state index contributed by atoms with van der Waals surface area (Å²) in [7, 11) is 0. The summed E-state index contributed by atoms with van der Waals surface area (Å²) in [6, 6.07) is 1.01. The number of halogens is 2. The highest BCUT2D eigenvalue weighted by Crippen LogP contribution is 2.57. The first-order valence-electron chi connectivity index (χ1n) is 5.06. The van der Waals surface area contributed by atoms with Crippen LogP contribution in [0, 0.1) is 5.82 Å². The zero-order chi connectivity index (χ0) is 12.1. The number of rotatable bonds is 2. The van der Waals surface area contributed by atoms with E-state index >= 15 is 0 Å². The van der Waals surface area contributed by atoms with Gasteiger partial charge in [0.2, 0.25) is 0 Å². The molecule has 16 heavy (non-hydrogen) atoms. The largest absolute Gasteiger partial charge is 0.504 e. The van der Waals surface area contributed by atoms with E-state index in [0.717, 1.165) is 18.9 Å². The molecule has 1 atom stereocenters. The maximum atomic E-state index is 13.2. The molecule has 1 aromatic rings. The normalized spacial score (nSPS) is 19.5. The van der Waals surface area contributed by atoms with E-state index in [4.69, 9.17) is 5.73 Å². The Labute approximate surface area is 101 Å². The standard InChI is InChI=1S/C11H13BrFNO2/c1-5(14)11(2-3-11)8-6(12)4-7(13)9(15)10(8)16/h4-5,15-16H,2-3,14H2,1H3. The smallest absolute Gasteiger partial charge is 0.194 e. The SMILES string of the molecule is CC(N)C1(c2c(Br)cc(F)c(O)c2O)CC1. The molecule has 0 aliphatic heterocycles. The van der Waals surface area contributed by atoms with Gasteiger partial charge in [-0.2, -0.15) is 0 Å². The second kappa shape index (κ2) is 3.60. The molecule has 0 amide bonds. The summed E-state index contributed by atoms with van der Waals surface area (Å²) in [6.45, 7) is 1.85. The Hall–Kier alpha value is -0.810. The predicted octanol–water partition coefficient (Wildman–Crippen LogP) is 2.38. The Kier molecular flexibility index (Phi) is 2.62. The van der Waals surface area contributed by atoms with E-state index < -0.39 is 17.3 Å². The monoisotopic (exact) mass is 289 g/mol. The van der Waals surface area contributed by atoms with Gasteiger partial charge in [0.25, 0.3) is 0 Å². The van der Waals surface area contributed by atoms with Crippen LogP contribution in [0.5, 0.6) is 11.5 Å². The number of phenols is 2. The zero-order valence-corrected chi connectivity index (χ0v) is 10.4. The summed E-state index contributed by atoms with van der Waals surface area (Å²) in [5.74, 6) is -1.94. The first-order chi connectivity index (χ1) is 7.40. The fourth-order valence-electron chi connectivity index (χ4n) is 2.14. The Balaban J connectivity index is 2.62. The molecule has 2 rings (SSSR count). The van der Waals surface area contributed by atoms with Crippen LogP contribution in [0.3, 0.4) is 0 Å². The summed E-state index contributed by atoms with van der Waals surface area (Å²) in [4.78, 5) is 0. The van der Waals surface area contributed by atoms with Gasteiger partial charge in [-0.25, -0.2) is 4.39 Å². The molecule has 0 spiro atoms. The van der Waals surface area contributed by atoms with E-state index in [-0.39, 0.29) is 11.5 Å². The van der Waals surface area contributed by atoms with E-state index in [9.17, 15) is 14.6 Å². The number of hydrogen-bond acceptors (Lipinski definition) is 3. The van der Waals surface area contributed by atoms with Gasteiger partial charge in [-0.15, -0.1) is 0 Å². The van der Waals surface area contributed by atoms with Gasteiger partial charge in [-0.1, -0.05) is 15.9 Å². The van der Waals surface area contributed by atoms with E-state index in [1.54, 1.807) is 0 Å². The highest BCUT2D eigenvalue weighted by molar-refractivity contribution is 9.10. The lowest BCUT2D eigenvalue weighted by molar-refractivity contribution is 0.367. The van der Waals surface area contributed by atoms with Gasteiger partial charge >= 0.3 is 0 Å². The molecule has 1 aromatic carbocycles. The third-order valence-electron chi connectivity index (χ3n) is 3.34.